The summed E-state index contributed by atoms with van der Waals surface area (Å²) < 4.78 is 41.1. The highest BCUT2D eigenvalue weighted by molar-refractivity contribution is 6.04. The normalized spacial score (nSPS) is 15.9. The number of rotatable bonds is 6. The number of hydrogen-bond acceptors (Lipinski definition) is 6. The van der Waals surface area contributed by atoms with Crippen molar-refractivity contribution in [3.63, 3.8) is 0 Å². The molecule has 2 fully saturated rings. The lowest BCUT2D eigenvalue weighted by Crippen LogP contribution is -2.43. The van der Waals surface area contributed by atoms with Crippen LogP contribution >= 0.6 is 0 Å². The highest BCUT2D eigenvalue weighted by Gasteiger charge is 2.32. The van der Waals surface area contributed by atoms with Crippen molar-refractivity contribution in [2.45, 2.75) is 32.5 Å². The predicted molar refractivity (Wildman–Crippen MR) is 153 cm³/mol. The molecule has 2 N–H and O–H groups in total. The molecule has 218 valence electrons. The predicted octanol–water partition coefficient (Wildman–Crippen LogP) is 4.55. The number of amides is 2. The number of piperazine rings is 1. The Bertz CT molecular complexity index is 1530. The van der Waals surface area contributed by atoms with E-state index >= 15 is 0 Å². The van der Waals surface area contributed by atoms with Crippen LogP contribution in [0.25, 0.3) is 0 Å². The lowest BCUT2D eigenvalue weighted by molar-refractivity contribution is -0.137. The largest absolute Gasteiger partial charge is 0.416 e. The van der Waals surface area contributed by atoms with Gasteiger partial charge in [-0.05, 0) is 86.3 Å². The lowest BCUT2D eigenvalue weighted by atomic mass is 10.0. The summed E-state index contributed by atoms with van der Waals surface area (Å²) in [5, 5.41) is 13.4. The van der Waals surface area contributed by atoms with Crippen LogP contribution in [0.2, 0.25) is 0 Å². The molecule has 11 heteroatoms. The maximum atomic E-state index is 13.7. The van der Waals surface area contributed by atoms with Gasteiger partial charge in [-0.1, -0.05) is 12.0 Å². The number of likely N-dealkylation sites (N-methyl/N-ethyl adjacent to an activating group) is 1. The summed E-state index contributed by atoms with van der Waals surface area (Å²) in [6.07, 6.45) is -2.78. The van der Waals surface area contributed by atoms with Gasteiger partial charge in [-0.2, -0.15) is 13.2 Å². The summed E-state index contributed by atoms with van der Waals surface area (Å²) in [7, 11) is 2.01. The van der Waals surface area contributed by atoms with Crippen molar-refractivity contribution in [2.24, 2.45) is 5.92 Å². The molecule has 2 amide bonds. The molecule has 1 aromatic heterocycles. The van der Waals surface area contributed by atoms with Crippen molar-refractivity contribution in [3.05, 3.63) is 82.0 Å². The van der Waals surface area contributed by atoms with Gasteiger partial charge in [0.15, 0.2) is 5.82 Å². The highest BCUT2D eigenvalue weighted by atomic mass is 19.4. The van der Waals surface area contributed by atoms with Crippen molar-refractivity contribution in [2.75, 3.05) is 43.9 Å². The Kier molecular flexibility index (Phi) is 8.56. The summed E-state index contributed by atoms with van der Waals surface area (Å²) in [6.45, 7) is 5.41. The average molecular weight is 577 g/mol. The van der Waals surface area contributed by atoms with Crippen LogP contribution in [0.15, 0.2) is 48.5 Å². The summed E-state index contributed by atoms with van der Waals surface area (Å²) in [5.74, 6) is 5.69. The summed E-state index contributed by atoms with van der Waals surface area (Å²) in [4.78, 5) is 29.3. The van der Waals surface area contributed by atoms with Crippen molar-refractivity contribution in [1.29, 1.82) is 0 Å². The van der Waals surface area contributed by atoms with Crippen LogP contribution in [0, 0.1) is 24.7 Å². The van der Waals surface area contributed by atoms with E-state index in [0.29, 0.717) is 29.2 Å². The number of nitrogens with one attached hydrogen (secondary N) is 2. The minimum absolute atomic E-state index is 0.0523. The van der Waals surface area contributed by atoms with Crippen LogP contribution in [-0.4, -0.2) is 65.0 Å². The van der Waals surface area contributed by atoms with Crippen LogP contribution in [0.4, 0.5) is 24.7 Å². The third kappa shape index (κ3) is 7.72. The molecule has 5 rings (SSSR count). The first kappa shape index (κ1) is 29.2. The van der Waals surface area contributed by atoms with Crippen molar-refractivity contribution in [1.82, 2.24) is 20.0 Å². The lowest BCUT2D eigenvalue weighted by Gasteiger charge is -2.32. The number of carbonyl (C=O) groups excluding carboxylic acids is 2. The number of nitrogens with zero attached hydrogens (tertiary/aromatic N) is 4. The van der Waals surface area contributed by atoms with Gasteiger partial charge in [-0.25, -0.2) is 0 Å². The molecule has 0 bridgehead atoms. The number of anilines is 2. The van der Waals surface area contributed by atoms with E-state index in [1.165, 1.54) is 0 Å². The molecule has 1 aliphatic carbocycles. The second-order valence-electron chi connectivity index (χ2n) is 10.8. The van der Waals surface area contributed by atoms with Gasteiger partial charge in [0.2, 0.25) is 5.91 Å². The Morgan fingerprint density at radius 3 is 2.38 bits per heavy atom. The first-order valence-electron chi connectivity index (χ1n) is 13.7. The molecular weight excluding hydrogens is 545 g/mol. The molecule has 0 spiro atoms. The third-order valence-electron chi connectivity index (χ3n) is 7.27. The maximum absolute atomic E-state index is 13.7. The second kappa shape index (κ2) is 12.3. The summed E-state index contributed by atoms with van der Waals surface area (Å²) in [5.41, 5.74) is 1.77. The zero-order valence-corrected chi connectivity index (χ0v) is 23.4. The fourth-order valence-corrected chi connectivity index (χ4v) is 4.56. The van der Waals surface area contributed by atoms with Crippen LogP contribution < -0.4 is 10.6 Å². The molecule has 2 heterocycles. The van der Waals surface area contributed by atoms with E-state index in [9.17, 15) is 22.8 Å². The van der Waals surface area contributed by atoms with Crippen LogP contribution in [0.5, 0.6) is 0 Å². The fourth-order valence-electron chi connectivity index (χ4n) is 4.56. The molecule has 0 atom stereocenters. The Labute approximate surface area is 242 Å². The topological polar surface area (TPSA) is 90.5 Å². The number of halogens is 3. The number of carbonyl (C=O) groups is 2. The SMILES string of the molecule is Cc1ccc(C(=O)Nc2cc(CN3CCN(C)CC3)cc(C(F)(F)F)c2)cc1C#Cc1ccc(NC(=O)C2CC2)nn1. The van der Waals surface area contributed by atoms with Crippen LogP contribution in [0.3, 0.4) is 0 Å². The maximum Gasteiger partial charge on any atom is 0.416 e. The van der Waals surface area contributed by atoms with Crippen LogP contribution in [0.1, 0.15) is 51.1 Å². The summed E-state index contributed by atoms with van der Waals surface area (Å²) in [6, 6.07) is 11.9. The van der Waals surface area contributed by atoms with E-state index in [1.54, 1.807) is 36.4 Å². The summed E-state index contributed by atoms with van der Waals surface area (Å²) >= 11 is 0. The number of alkyl halides is 3. The van der Waals surface area contributed by atoms with Gasteiger partial charge in [0.05, 0.1) is 5.56 Å². The van der Waals surface area contributed by atoms with E-state index in [0.717, 1.165) is 56.7 Å². The second-order valence-corrected chi connectivity index (χ2v) is 10.8. The highest BCUT2D eigenvalue weighted by Crippen LogP contribution is 2.33. The van der Waals surface area contributed by atoms with E-state index in [2.05, 4.69) is 42.5 Å². The molecule has 1 saturated heterocycles. The third-order valence-corrected chi connectivity index (χ3v) is 7.27. The number of aromatic nitrogens is 2. The molecule has 0 radical (unpaired) electrons. The molecule has 3 aromatic rings. The van der Waals surface area contributed by atoms with Crippen LogP contribution in [-0.2, 0) is 17.5 Å². The quantitative estimate of drug-likeness (QED) is 0.419. The van der Waals surface area contributed by atoms with E-state index in [4.69, 9.17) is 0 Å². The van der Waals surface area contributed by atoms with Gasteiger partial charge in [-0.15, -0.1) is 10.2 Å². The molecule has 0 unspecified atom stereocenters. The Morgan fingerprint density at radius 2 is 1.71 bits per heavy atom. The first-order valence-corrected chi connectivity index (χ1v) is 13.7. The van der Waals surface area contributed by atoms with Crippen molar-refractivity contribution < 1.29 is 22.8 Å². The molecular formula is C31H31F3N6O2. The van der Waals surface area contributed by atoms with Gasteiger partial charge >= 0.3 is 6.18 Å². The van der Waals surface area contributed by atoms with Crippen molar-refractivity contribution in [3.8, 4) is 11.8 Å². The monoisotopic (exact) mass is 576 g/mol. The standard InChI is InChI=1S/C31H31F3N6O2/c1-20-3-4-24(17-23(20)7-8-26-9-10-28(38-37-26)36-29(41)22-5-6-22)30(42)35-27-16-21(15-25(18-27)31(32,33)34)19-40-13-11-39(2)12-14-40/h3-4,9-10,15-18,22H,5-6,11-14,19H2,1-2H3,(H,35,42)(H,36,38,41). The molecule has 2 aliphatic rings. The number of aryl methyl sites for hydroxylation is 1. The molecule has 1 aliphatic heterocycles. The van der Waals surface area contributed by atoms with Gasteiger partial charge < -0.3 is 15.5 Å². The first-order chi connectivity index (χ1) is 20.0. The van der Waals surface area contributed by atoms with E-state index in [1.807, 2.05) is 14.0 Å². The van der Waals surface area contributed by atoms with Gasteiger partial charge in [0.1, 0.15) is 5.69 Å². The van der Waals surface area contributed by atoms with E-state index in [-0.39, 0.29) is 23.1 Å². The average Bonchev–Trinajstić information content (AvgIpc) is 3.80. The van der Waals surface area contributed by atoms with Gasteiger partial charge in [0, 0.05) is 55.5 Å². The fraction of sp³-hybridized carbons (Fsp3) is 0.355. The zero-order valence-electron chi connectivity index (χ0n) is 23.4. The van der Waals surface area contributed by atoms with Gasteiger partial charge in [-0.3, -0.25) is 14.5 Å². The molecule has 2 aromatic carbocycles. The molecule has 8 nitrogen and oxygen atoms in total. The smallest absolute Gasteiger partial charge is 0.322 e. The number of hydrogen-bond donors (Lipinski definition) is 2. The Morgan fingerprint density at radius 1 is 0.952 bits per heavy atom. The van der Waals surface area contributed by atoms with Crippen molar-refractivity contribution >= 4 is 23.3 Å². The minimum Gasteiger partial charge on any atom is -0.322 e. The molecule has 1 saturated carbocycles. The molecule has 42 heavy (non-hydrogen) atoms. The minimum atomic E-state index is -4.55. The van der Waals surface area contributed by atoms with Gasteiger partial charge in [0.25, 0.3) is 5.91 Å². The zero-order chi connectivity index (χ0) is 29.9. The number of benzene rings is 2. The Hall–Kier alpha value is -4.27. The van der Waals surface area contributed by atoms with E-state index < -0.39 is 17.6 Å². The Balaban J connectivity index is 1.30.